The van der Waals surface area contributed by atoms with Crippen LogP contribution in [0, 0.1) is 11.7 Å². The van der Waals surface area contributed by atoms with Crippen LogP contribution in [0.5, 0.6) is 0 Å². The molecule has 0 saturated heterocycles. The van der Waals surface area contributed by atoms with E-state index in [-0.39, 0.29) is 17.6 Å². The molecule has 9 heteroatoms. The third-order valence-corrected chi connectivity index (χ3v) is 3.51. The van der Waals surface area contributed by atoms with E-state index in [4.69, 9.17) is 0 Å². The minimum atomic E-state index is -0.583. The number of amides is 3. The van der Waals surface area contributed by atoms with Gasteiger partial charge in [-0.2, -0.15) is 5.10 Å². The molecular formula is C16H21FN6O2. The lowest BCUT2D eigenvalue weighted by molar-refractivity contribution is -0.114. The summed E-state index contributed by atoms with van der Waals surface area (Å²) >= 11 is 0. The molecular weight excluding hydrogens is 327 g/mol. The highest BCUT2D eigenvalue weighted by atomic mass is 19.1. The van der Waals surface area contributed by atoms with Gasteiger partial charge in [0.15, 0.2) is 0 Å². The molecule has 3 N–H and O–H groups in total. The number of benzene rings is 1. The van der Waals surface area contributed by atoms with E-state index < -0.39 is 17.8 Å². The molecule has 0 aliphatic carbocycles. The third kappa shape index (κ3) is 4.75. The van der Waals surface area contributed by atoms with Gasteiger partial charge in [-0.15, -0.1) is 0 Å². The molecule has 0 fully saturated rings. The van der Waals surface area contributed by atoms with Gasteiger partial charge < -0.3 is 16.0 Å². The summed E-state index contributed by atoms with van der Waals surface area (Å²) < 4.78 is 15.2. The van der Waals surface area contributed by atoms with Crippen LogP contribution in [-0.2, 0) is 11.8 Å². The first-order chi connectivity index (χ1) is 11.8. The van der Waals surface area contributed by atoms with E-state index in [2.05, 4.69) is 26.0 Å². The van der Waals surface area contributed by atoms with Crippen molar-refractivity contribution < 1.29 is 14.0 Å². The summed E-state index contributed by atoms with van der Waals surface area (Å²) in [6.07, 6.45) is 1.42. The molecule has 1 aromatic carbocycles. The highest BCUT2D eigenvalue weighted by molar-refractivity contribution is 5.92. The number of urea groups is 1. The number of anilines is 2. The minimum absolute atomic E-state index is 0.000916. The monoisotopic (exact) mass is 348 g/mol. The predicted molar refractivity (Wildman–Crippen MR) is 91.4 cm³/mol. The van der Waals surface area contributed by atoms with Gasteiger partial charge in [-0.3, -0.25) is 9.48 Å². The number of halogens is 1. The lowest BCUT2D eigenvalue weighted by Gasteiger charge is -2.21. The average molecular weight is 348 g/mol. The molecule has 134 valence electrons. The molecule has 1 heterocycles. The Morgan fingerprint density at radius 3 is 2.52 bits per heavy atom. The first-order valence-corrected chi connectivity index (χ1v) is 7.76. The Hall–Kier alpha value is -2.97. The summed E-state index contributed by atoms with van der Waals surface area (Å²) in [6, 6.07) is 3.12. The highest BCUT2D eigenvalue weighted by Gasteiger charge is 2.22. The molecule has 2 aromatic rings. The van der Waals surface area contributed by atoms with Crippen molar-refractivity contribution in [3.8, 4) is 0 Å². The van der Waals surface area contributed by atoms with Gasteiger partial charge in [-0.1, -0.05) is 13.8 Å². The van der Waals surface area contributed by atoms with E-state index in [0.717, 1.165) is 0 Å². The fraction of sp³-hybridized carbons (Fsp3) is 0.375. The van der Waals surface area contributed by atoms with Gasteiger partial charge in [0.1, 0.15) is 18.0 Å². The molecule has 0 radical (unpaired) electrons. The van der Waals surface area contributed by atoms with Crippen molar-refractivity contribution in [3.63, 3.8) is 0 Å². The molecule has 1 atom stereocenters. The van der Waals surface area contributed by atoms with Crippen molar-refractivity contribution in [2.45, 2.75) is 26.8 Å². The molecule has 0 aliphatic heterocycles. The molecule has 1 aromatic heterocycles. The van der Waals surface area contributed by atoms with Crippen LogP contribution in [0.15, 0.2) is 24.5 Å². The van der Waals surface area contributed by atoms with Crippen LogP contribution in [-0.4, -0.2) is 26.7 Å². The van der Waals surface area contributed by atoms with E-state index in [1.807, 2.05) is 13.8 Å². The molecule has 0 aliphatic rings. The fourth-order valence-corrected chi connectivity index (χ4v) is 2.31. The molecule has 25 heavy (non-hydrogen) atoms. The number of hydrogen-bond donors (Lipinski definition) is 3. The summed E-state index contributed by atoms with van der Waals surface area (Å²) in [5, 5.41) is 11.8. The van der Waals surface area contributed by atoms with Crippen molar-refractivity contribution in [2.75, 3.05) is 10.6 Å². The Morgan fingerprint density at radius 2 is 1.96 bits per heavy atom. The first kappa shape index (κ1) is 18.4. The van der Waals surface area contributed by atoms with Crippen LogP contribution in [0.3, 0.4) is 0 Å². The number of aryl methyl sites for hydroxylation is 1. The molecule has 0 spiro atoms. The van der Waals surface area contributed by atoms with Crippen LogP contribution in [0.25, 0.3) is 0 Å². The Labute approximate surface area is 144 Å². The number of nitrogens with zero attached hydrogens (tertiary/aromatic N) is 3. The summed E-state index contributed by atoms with van der Waals surface area (Å²) in [4.78, 5) is 27.5. The van der Waals surface area contributed by atoms with Crippen molar-refractivity contribution in [3.05, 3.63) is 36.2 Å². The van der Waals surface area contributed by atoms with Gasteiger partial charge in [-0.25, -0.2) is 14.2 Å². The maximum atomic E-state index is 13.7. The molecule has 0 saturated carbocycles. The van der Waals surface area contributed by atoms with E-state index in [1.165, 1.54) is 31.5 Å². The normalized spacial score (nSPS) is 11.9. The highest BCUT2D eigenvalue weighted by Crippen LogP contribution is 2.21. The number of hydrogen-bond acceptors (Lipinski definition) is 4. The minimum Gasteiger partial charge on any atom is -0.328 e. The number of carbonyl (C=O) groups is 2. The fourth-order valence-electron chi connectivity index (χ4n) is 2.31. The lowest BCUT2D eigenvalue weighted by Crippen LogP contribution is -2.36. The summed E-state index contributed by atoms with van der Waals surface area (Å²) in [5.41, 5.74) is 0.349. The van der Waals surface area contributed by atoms with Gasteiger partial charge in [0.25, 0.3) is 0 Å². The topological polar surface area (TPSA) is 101 Å². The maximum absolute atomic E-state index is 13.7. The van der Waals surface area contributed by atoms with Crippen LogP contribution < -0.4 is 16.0 Å². The Bertz CT molecular complexity index is 774. The second-order valence-corrected chi connectivity index (χ2v) is 5.94. The van der Waals surface area contributed by atoms with Gasteiger partial charge in [-0.05, 0) is 24.1 Å². The Kier molecular flexibility index (Phi) is 5.68. The standard InChI is InChI=1S/C16H21FN6O2/c1-9(2)14(15-18-8-19-23(15)4)22-16(25)21-11-5-6-12(17)13(7-11)20-10(3)24/h5-9,14H,1-4H3,(H,20,24)(H2,21,22,25)/t14-/m0/s1. The SMILES string of the molecule is CC(=O)Nc1cc(NC(=O)N[C@H](c2ncnn2C)C(C)C)ccc1F. The van der Waals surface area contributed by atoms with Crippen molar-refractivity contribution in [2.24, 2.45) is 13.0 Å². The third-order valence-electron chi connectivity index (χ3n) is 3.51. The van der Waals surface area contributed by atoms with Crippen LogP contribution >= 0.6 is 0 Å². The smallest absolute Gasteiger partial charge is 0.319 e. The van der Waals surface area contributed by atoms with Crippen molar-refractivity contribution >= 4 is 23.3 Å². The van der Waals surface area contributed by atoms with Gasteiger partial charge in [0.05, 0.1) is 11.7 Å². The van der Waals surface area contributed by atoms with Crippen molar-refractivity contribution in [1.82, 2.24) is 20.1 Å². The molecule has 8 nitrogen and oxygen atoms in total. The molecule has 0 unspecified atom stereocenters. The zero-order chi connectivity index (χ0) is 18.6. The van der Waals surface area contributed by atoms with E-state index in [9.17, 15) is 14.0 Å². The first-order valence-electron chi connectivity index (χ1n) is 7.76. The molecule has 3 amide bonds. The van der Waals surface area contributed by atoms with Gasteiger partial charge in [0.2, 0.25) is 5.91 Å². The predicted octanol–water partition coefficient (Wildman–Crippen LogP) is 2.43. The van der Waals surface area contributed by atoms with E-state index in [1.54, 1.807) is 11.7 Å². The number of carbonyl (C=O) groups excluding carboxylic acids is 2. The maximum Gasteiger partial charge on any atom is 0.319 e. The number of nitrogens with one attached hydrogen (secondary N) is 3. The van der Waals surface area contributed by atoms with Crippen molar-refractivity contribution in [1.29, 1.82) is 0 Å². The number of rotatable bonds is 5. The summed E-state index contributed by atoms with van der Waals surface area (Å²) in [6.45, 7) is 5.18. The zero-order valence-corrected chi connectivity index (χ0v) is 14.5. The van der Waals surface area contributed by atoms with Crippen LogP contribution in [0.4, 0.5) is 20.6 Å². The summed E-state index contributed by atoms with van der Waals surface area (Å²) in [7, 11) is 1.75. The lowest BCUT2D eigenvalue weighted by atomic mass is 10.0. The Morgan fingerprint density at radius 1 is 1.24 bits per heavy atom. The quantitative estimate of drug-likeness (QED) is 0.772. The molecule has 2 rings (SSSR count). The average Bonchev–Trinajstić information content (AvgIpc) is 2.93. The number of aromatic nitrogens is 3. The van der Waals surface area contributed by atoms with Gasteiger partial charge >= 0.3 is 6.03 Å². The summed E-state index contributed by atoms with van der Waals surface area (Å²) in [5.74, 6) is -0.275. The van der Waals surface area contributed by atoms with Crippen LogP contribution in [0.2, 0.25) is 0 Å². The molecule has 0 bridgehead atoms. The van der Waals surface area contributed by atoms with Gasteiger partial charge in [0, 0.05) is 19.7 Å². The zero-order valence-electron chi connectivity index (χ0n) is 14.5. The van der Waals surface area contributed by atoms with E-state index in [0.29, 0.717) is 11.5 Å². The second kappa shape index (κ2) is 7.73. The van der Waals surface area contributed by atoms with Crippen LogP contribution in [0.1, 0.15) is 32.6 Å². The second-order valence-electron chi connectivity index (χ2n) is 5.94. The Balaban J connectivity index is 2.11. The van der Waals surface area contributed by atoms with E-state index >= 15 is 0 Å². The largest absolute Gasteiger partial charge is 0.328 e.